The second kappa shape index (κ2) is 13.3. The molecule has 0 amide bonds. The normalized spacial score (nSPS) is 12.0. The summed E-state index contributed by atoms with van der Waals surface area (Å²) in [5.74, 6) is 0.570. The molecule has 1 aromatic carbocycles. The minimum atomic E-state index is -0.209. The van der Waals surface area contributed by atoms with Gasteiger partial charge < -0.3 is 20.3 Å². The van der Waals surface area contributed by atoms with Gasteiger partial charge in [0, 0.05) is 52.4 Å². The quantitative estimate of drug-likeness (QED) is 0.234. The number of nitrogens with zero attached hydrogens (tertiary/aromatic N) is 2. The van der Waals surface area contributed by atoms with Gasteiger partial charge in [0.1, 0.15) is 5.82 Å². The molecule has 150 valence electrons. The van der Waals surface area contributed by atoms with Crippen molar-refractivity contribution in [3.63, 3.8) is 0 Å². The highest BCUT2D eigenvalue weighted by atomic mass is 127. The van der Waals surface area contributed by atoms with Crippen molar-refractivity contribution in [1.82, 2.24) is 15.5 Å². The molecule has 0 bridgehead atoms. The molecule has 0 aliphatic carbocycles. The zero-order chi connectivity index (χ0) is 18.7. The maximum Gasteiger partial charge on any atom is 0.191 e. The lowest BCUT2D eigenvalue weighted by Gasteiger charge is -2.27. The summed E-state index contributed by atoms with van der Waals surface area (Å²) in [6.45, 7) is 8.53. The Kier molecular flexibility index (Phi) is 12.8. The number of hydrogen-bond donors (Lipinski definition) is 2. The lowest BCUT2D eigenvalue weighted by Crippen LogP contribution is -2.45. The first-order valence-corrected chi connectivity index (χ1v) is 8.77. The van der Waals surface area contributed by atoms with Crippen molar-refractivity contribution in [2.75, 3.05) is 54.0 Å². The molecule has 0 saturated carbocycles. The minimum absolute atomic E-state index is 0. The molecule has 0 spiro atoms. The lowest BCUT2D eigenvalue weighted by atomic mass is 9.84. The summed E-state index contributed by atoms with van der Waals surface area (Å²) < 4.78 is 18.2. The second-order valence-electron chi connectivity index (χ2n) is 6.89. The summed E-state index contributed by atoms with van der Waals surface area (Å²) in [6, 6.07) is 6.68. The van der Waals surface area contributed by atoms with Crippen LogP contribution < -0.4 is 10.6 Å². The molecule has 0 fully saturated rings. The molecule has 2 N–H and O–H groups in total. The van der Waals surface area contributed by atoms with E-state index in [2.05, 4.69) is 41.4 Å². The Morgan fingerprint density at radius 2 is 1.85 bits per heavy atom. The molecule has 26 heavy (non-hydrogen) atoms. The van der Waals surface area contributed by atoms with Gasteiger partial charge >= 0.3 is 0 Å². The van der Waals surface area contributed by atoms with Crippen LogP contribution in [0.4, 0.5) is 4.39 Å². The predicted octanol–water partition coefficient (Wildman–Crippen LogP) is 2.85. The van der Waals surface area contributed by atoms with E-state index in [1.54, 1.807) is 14.2 Å². The number of benzene rings is 1. The summed E-state index contributed by atoms with van der Waals surface area (Å²) >= 11 is 0. The van der Waals surface area contributed by atoms with Crippen molar-refractivity contribution in [3.05, 3.63) is 35.6 Å². The fraction of sp³-hybridized carbons (Fsp3) is 0.632. The van der Waals surface area contributed by atoms with Gasteiger partial charge in [-0.15, -0.1) is 24.0 Å². The van der Waals surface area contributed by atoms with E-state index in [9.17, 15) is 4.39 Å². The zero-order valence-electron chi connectivity index (χ0n) is 16.6. The fourth-order valence-electron chi connectivity index (χ4n) is 2.48. The van der Waals surface area contributed by atoms with Gasteiger partial charge in [-0.05, 0) is 31.2 Å². The molecule has 0 atom stereocenters. The number of likely N-dealkylation sites (N-methyl/N-ethyl adjacent to an activating group) is 1. The van der Waals surface area contributed by atoms with Gasteiger partial charge in [-0.25, -0.2) is 4.39 Å². The van der Waals surface area contributed by atoms with Gasteiger partial charge in [0.15, 0.2) is 5.96 Å². The van der Waals surface area contributed by atoms with Crippen LogP contribution in [0.5, 0.6) is 0 Å². The number of halogens is 2. The first-order valence-electron chi connectivity index (χ1n) is 8.77. The van der Waals surface area contributed by atoms with E-state index in [0.717, 1.165) is 44.2 Å². The first kappa shape index (κ1) is 25.1. The summed E-state index contributed by atoms with van der Waals surface area (Å²) in [7, 11) is 5.60. The van der Waals surface area contributed by atoms with Crippen molar-refractivity contribution < 1.29 is 9.13 Å². The summed E-state index contributed by atoms with van der Waals surface area (Å²) in [4.78, 5) is 6.53. The van der Waals surface area contributed by atoms with Gasteiger partial charge in [-0.2, -0.15) is 0 Å². The van der Waals surface area contributed by atoms with E-state index in [0.29, 0.717) is 6.54 Å². The third-order valence-electron chi connectivity index (χ3n) is 4.22. The predicted molar refractivity (Wildman–Crippen MR) is 118 cm³/mol. The SMILES string of the molecule is CN=C(NCCN(C)CCCOC)NCC(C)(C)c1ccc(F)cc1.I. The molecule has 1 rings (SSSR count). The number of rotatable bonds is 10. The highest BCUT2D eigenvalue weighted by Crippen LogP contribution is 2.22. The van der Waals surface area contributed by atoms with Crippen LogP contribution in [0.2, 0.25) is 0 Å². The van der Waals surface area contributed by atoms with E-state index in [1.165, 1.54) is 12.1 Å². The van der Waals surface area contributed by atoms with Crippen molar-refractivity contribution in [2.45, 2.75) is 25.7 Å². The lowest BCUT2D eigenvalue weighted by molar-refractivity contribution is 0.180. The molecule has 0 aromatic heterocycles. The molecule has 1 aromatic rings. The molecule has 5 nitrogen and oxygen atoms in total. The molecule has 0 aliphatic heterocycles. The summed E-state index contributed by atoms with van der Waals surface area (Å²) in [5, 5.41) is 6.69. The van der Waals surface area contributed by atoms with Crippen LogP contribution >= 0.6 is 24.0 Å². The Bertz CT molecular complexity index is 523. The Balaban J connectivity index is 0.00000625. The fourth-order valence-corrected chi connectivity index (χ4v) is 2.48. The minimum Gasteiger partial charge on any atom is -0.385 e. The number of methoxy groups -OCH3 is 1. The van der Waals surface area contributed by atoms with Crippen LogP contribution in [0.1, 0.15) is 25.8 Å². The van der Waals surface area contributed by atoms with Gasteiger partial charge in [0.25, 0.3) is 0 Å². The smallest absolute Gasteiger partial charge is 0.191 e. The Morgan fingerprint density at radius 3 is 2.42 bits per heavy atom. The zero-order valence-corrected chi connectivity index (χ0v) is 19.0. The average molecular weight is 480 g/mol. The Labute approximate surface area is 174 Å². The summed E-state index contributed by atoms with van der Waals surface area (Å²) in [5.41, 5.74) is 0.970. The van der Waals surface area contributed by atoms with E-state index in [-0.39, 0.29) is 35.2 Å². The molecule has 0 unspecified atom stereocenters. The number of aliphatic imine (C=N–C) groups is 1. The Morgan fingerprint density at radius 1 is 1.19 bits per heavy atom. The molecular weight excluding hydrogens is 446 g/mol. The molecular formula is C19H34FIN4O. The number of nitrogens with one attached hydrogen (secondary N) is 2. The Hall–Kier alpha value is -0.930. The van der Waals surface area contributed by atoms with Crippen LogP contribution in [0.25, 0.3) is 0 Å². The van der Waals surface area contributed by atoms with Crippen molar-refractivity contribution in [1.29, 1.82) is 0 Å². The van der Waals surface area contributed by atoms with E-state index in [1.807, 2.05) is 12.1 Å². The highest BCUT2D eigenvalue weighted by Gasteiger charge is 2.20. The van der Waals surface area contributed by atoms with Gasteiger partial charge in [0.05, 0.1) is 0 Å². The topological polar surface area (TPSA) is 48.9 Å². The maximum absolute atomic E-state index is 13.1. The molecule has 0 radical (unpaired) electrons. The van der Waals surface area contributed by atoms with Gasteiger partial charge in [-0.3, -0.25) is 4.99 Å². The molecule has 0 aliphatic rings. The summed E-state index contributed by atoms with van der Waals surface area (Å²) in [6.07, 6.45) is 1.03. The number of ether oxygens (including phenoxy) is 1. The largest absolute Gasteiger partial charge is 0.385 e. The van der Waals surface area contributed by atoms with Gasteiger partial charge in [-0.1, -0.05) is 26.0 Å². The van der Waals surface area contributed by atoms with Crippen molar-refractivity contribution in [2.24, 2.45) is 4.99 Å². The third-order valence-corrected chi connectivity index (χ3v) is 4.22. The number of hydrogen-bond acceptors (Lipinski definition) is 3. The van der Waals surface area contributed by atoms with Crippen molar-refractivity contribution in [3.8, 4) is 0 Å². The standard InChI is InChI=1S/C19H33FN4O.HI/c1-19(2,16-7-9-17(20)10-8-16)15-23-18(21-3)22-11-13-24(4)12-6-14-25-5;/h7-10H,6,11-15H2,1-5H3,(H2,21,22,23);1H. The van der Waals surface area contributed by atoms with E-state index < -0.39 is 0 Å². The molecule has 0 heterocycles. The highest BCUT2D eigenvalue weighted by molar-refractivity contribution is 14.0. The van der Waals surface area contributed by atoms with Crippen LogP contribution in [0.3, 0.4) is 0 Å². The average Bonchev–Trinajstić information content (AvgIpc) is 2.58. The first-order chi connectivity index (χ1) is 11.9. The van der Waals surface area contributed by atoms with Crippen molar-refractivity contribution >= 4 is 29.9 Å². The molecule has 0 saturated heterocycles. The van der Waals surface area contributed by atoms with E-state index in [4.69, 9.17) is 4.74 Å². The van der Waals surface area contributed by atoms with Crippen LogP contribution in [-0.2, 0) is 10.2 Å². The van der Waals surface area contributed by atoms with Crippen LogP contribution in [-0.4, -0.2) is 64.9 Å². The van der Waals surface area contributed by atoms with Crippen LogP contribution in [0, 0.1) is 5.82 Å². The van der Waals surface area contributed by atoms with Crippen LogP contribution in [0.15, 0.2) is 29.3 Å². The molecule has 7 heteroatoms. The van der Waals surface area contributed by atoms with Gasteiger partial charge in [0.2, 0.25) is 0 Å². The maximum atomic E-state index is 13.1. The monoisotopic (exact) mass is 480 g/mol. The van der Waals surface area contributed by atoms with E-state index >= 15 is 0 Å². The second-order valence-corrected chi connectivity index (χ2v) is 6.89. The number of guanidine groups is 1. The third kappa shape index (κ3) is 9.68.